The highest BCUT2D eigenvalue weighted by Crippen LogP contribution is 2.27. The predicted octanol–water partition coefficient (Wildman–Crippen LogP) is 4.80. The van der Waals surface area contributed by atoms with E-state index in [0.717, 1.165) is 47.4 Å². The molecule has 0 saturated carbocycles. The fourth-order valence-corrected chi connectivity index (χ4v) is 4.50. The summed E-state index contributed by atoms with van der Waals surface area (Å²) in [6.07, 6.45) is 3.09. The molecule has 4 rings (SSSR count). The number of aliphatic hydroxyl groups excluding tert-OH is 1. The van der Waals surface area contributed by atoms with Crippen molar-refractivity contribution in [3.63, 3.8) is 0 Å². The number of anilines is 1. The van der Waals surface area contributed by atoms with E-state index in [9.17, 15) is 9.90 Å². The highest BCUT2D eigenvalue weighted by Gasteiger charge is 2.29. The number of amidine groups is 1. The van der Waals surface area contributed by atoms with E-state index >= 15 is 0 Å². The zero-order valence-corrected chi connectivity index (χ0v) is 17.9. The van der Waals surface area contributed by atoms with Crippen molar-refractivity contribution in [2.45, 2.75) is 44.8 Å². The van der Waals surface area contributed by atoms with Crippen LogP contribution < -0.4 is 5.32 Å². The Morgan fingerprint density at radius 2 is 2.00 bits per heavy atom. The molecular weight excluding hydrogens is 396 g/mol. The van der Waals surface area contributed by atoms with Crippen molar-refractivity contribution in [3.05, 3.63) is 64.7 Å². The lowest BCUT2D eigenvalue weighted by molar-refractivity contribution is -0.116. The van der Waals surface area contributed by atoms with Gasteiger partial charge < -0.3 is 10.4 Å². The van der Waals surface area contributed by atoms with Gasteiger partial charge in [-0.15, -0.1) is 5.10 Å². The summed E-state index contributed by atoms with van der Waals surface area (Å²) in [5.74, 6) is -0.254. The topological polar surface area (TPSA) is 86.4 Å². The van der Waals surface area contributed by atoms with E-state index < -0.39 is 5.25 Å². The number of thioether (sulfide) groups is 1. The lowest BCUT2D eigenvalue weighted by Crippen LogP contribution is -2.22. The van der Waals surface area contributed by atoms with Gasteiger partial charge in [-0.2, -0.15) is 10.1 Å². The van der Waals surface area contributed by atoms with Crippen LogP contribution in [0, 0.1) is 13.8 Å². The molecule has 1 amide bonds. The van der Waals surface area contributed by atoms with Gasteiger partial charge in [-0.25, -0.2) is 0 Å². The van der Waals surface area contributed by atoms with E-state index in [0.29, 0.717) is 5.17 Å². The monoisotopic (exact) mass is 420 g/mol. The maximum Gasteiger partial charge on any atom is 0.226 e. The third-order valence-electron chi connectivity index (χ3n) is 5.44. The van der Waals surface area contributed by atoms with Crippen LogP contribution in [0.15, 0.2) is 57.7 Å². The van der Waals surface area contributed by atoms with Gasteiger partial charge in [0.15, 0.2) is 0 Å². The van der Waals surface area contributed by atoms with E-state index in [1.54, 1.807) is 0 Å². The molecule has 0 spiro atoms. The van der Waals surface area contributed by atoms with Gasteiger partial charge >= 0.3 is 0 Å². The Hall–Kier alpha value is -2.93. The highest BCUT2D eigenvalue weighted by atomic mass is 32.2. The van der Waals surface area contributed by atoms with Gasteiger partial charge in [0.1, 0.15) is 0 Å². The third kappa shape index (κ3) is 4.46. The molecule has 2 aliphatic rings. The largest absolute Gasteiger partial charge is 0.495 e. The van der Waals surface area contributed by atoms with Crippen LogP contribution in [-0.4, -0.2) is 33.0 Å². The summed E-state index contributed by atoms with van der Waals surface area (Å²) < 4.78 is 0. The summed E-state index contributed by atoms with van der Waals surface area (Å²) >= 11 is 1.26. The number of benzene rings is 2. The maximum absolute atomic E-state index is 12.5. The van der Waals surface area contributed by atoms with Crippen LogP contribution >= 0.6 is 11.8 Å². The Bertz CT molecular complexity index is 1070. The van der Waals surface area contributed by atoms with Crippen molar-refractivity contribution in [1.82, 2.24) is 0 Å². The van der Waals surface area contributed by atoms with Gasteiger partial charge in [0.05, 0.1) is 11.0 Å². The van der Waals surface area contributed by atoms with Gasteiger partial charge in [-0.1, -0.05) is 48.2 Å². The van der Waals surface area contributed by atoms with Crippen molar-refractivity contribution in [1.29, 1.82) is 0 Å². The highest BCUT2D eigenvalue weighted by molar-refractivity contribution is 8.15. The summed E-state index contributed by atoms with van der Waals surface area (Å²) in [4.78, 5) is 16.6. The van der Waals surface area contributed by atoms with Gasteiger partial charge in [-0.3, -0.25) is 4.79 Å². The quantitative estimate of drug-likeness (QED) is 0.697. The minimum Gasteiger partial charge on any atom is -0.495 e. The van der Waals surface area contributed by atoms with E-state index in [2.05, 4.69) is 32.6 Å². The van der Waals surface area contributed by atoms with Gasteiger partial charge in [0, 0.05) is 17.7 Å². The first kappa shape index (κ1) is 20.3. The molecule has 0 bridgehead atoms. The van der Waals surface area contributed by atoms with Crippen LogP contribution in [0.2, 0.25) is 0 Å². The lowest BCUT2D eigenvalue weighted by Gasteiger charge is -2.16. The Balaban J connectivity index is 1.42. The summed E-state index contributed by atoms with van der Waals surface area (Å²) in [6.45, 7) is 3.98. The number of carbonyl (C=O) groups excluding carboxylic acids is 1. The van der Waals surface area contributed by atoms with Crippen LogP contribution in [0.25, 0.3) is 0 Å². The fourth-order valence-electron chi connectivity index (χ4n) is 3.62. The number of nitrogens with one attached hydrogen (secondary N) is 1. The molecule has 154 valence electrons. The van der Waals surface area contributed by atoms with E-state index in [4.69, 9.17) is 0 Å². The molecule has 6 nitrogen and oxygen atoms in total. The van der Waals surface area contributed by atoms with Crippen molar-refractivity contribution in [2.24, 2.45) is 15.2 Å². The van der Waals surface area contributed by atoms with Crippen LogP contribution in [0.1, 0.15) is 41.5 Å². The summed E-state index contributed by atoms with van der Waals surface area (Å²) in [5.41, 5.74) is 6.30. The first-order chi connectivity index (χ1) is 14.5. The molecule has 0 fully saturated rings. The molecule has 1 aliphatic heterocycles. The predicted molar refractivity (Wildman–Crippen MR) is 124 cm³/mol. The number of hydrogen-bond acceptors (Lipinski definition) is 4. The minimum atomic E-state index is -0.451. The molecule has 2 aromatic rings. The van der Waals surface area contributed by atoms with Crippen LogP contribution in [0.4, 0.5) is 5.69 Å². The molecule has 30 heavy (non-hydrogen) atoms. The normalized spacial score (nSPS) is 20.9. The van der Waals surface area contributed by atoms with Crippen molar-refractivity contribution in [3.8, 4) is 0 Å². The first-order valence-electron chi connectivity index (χ1n) is 10.0. The van der Waals surface area contributed by atoms with Crippen LogP contribution in [0.3, 0.4) is 0 Å². The minimum absolute atomic E-state index is 0.0842. The Morgan fingerprint density at radius 3 is 2.87 bits per heavy atom. The average molecular weight is 421 g/mol. The number of hydrogen-bond donors (Lipinski definition) is 2. The van der Waals surface area contributed by atoms with Crippen molar-refractivity contribution < 1.29 is 9.90 Å². The number of amides is 1. The first-order valence-corrected chi connectivity index (χ1v) is 10.9. The molecular formula is C23H24N4O2S. The number of fused-ring (bicyclic) bond motifs is 1. The molecule has 1 unspecified atom stereocenters. The fraction of sp³-hybridized carbons (Fsp3) is 0.304. The van der Waals surface area contributed by atoms with Crippen molar-refractivity contribution >= 4 is 40.1 Å². The molecule has 7 heteroatoms. The summed E-state index contributed by atoms with van der Waals surface area (Å²) in [5, 5.41) is 21.7. The zero-order chi connectivity index (χ0) is 21.1. The van der Waals surface area contributed by atoms with Gasteiger partial charge in [0.2, 0.25) is 17.0 Å². The summed E-state index contributed by atoms with van der Waals surface area (Å²) in [7, 11) is 0. The molecule has 2 aromatic carbocycles. The molecule has 0 radical (unpaired) electrons. The molecule has 1 atom stereocenters. The molecule has 0 aromatic heterocycles. The Morgan fingerprint density at radius 1 is 1.17 bits per heavy atom. The Kier molecular flexibility index (Phi) is 5.99. The smallest absolute Gasteiger partial charge is 0.226 e. The zero-order valence-electron chi connectivity index (χ0n) is 17.1. The maximum atomic E-state index is 12.5. The van der Waals surface area contributed by atoms with Crippen LogP contribution in [0.5, 0.6) is 0 Å². The lowest BCUT2D eigenvalue weighted by atomic mass is 9.90. The Labute approximate surface area is 180 Å². The molecule has 2 N–H and O–H groups in total. The number of aliphatic hydroxyl groups is 1. The third-order valence-corrected chi connectivity index (χ3v) is 6.49. The second kappa shape index (κ2) is 8.83. The standard InChI is InChI=1S/C23H24N4O2S/c1-14-7-5-11-18(15(14)2)24-21(28)13-20-22(29)25-23(30-20)27-26-19-12-6-9-16-8-3-4-10-17(16)19/h3-5,7-8,10-11,20H,6,9,12-13H2,1-2H3,(H,24,28)(H,25,27,29)/b26-19+. The molecule has 1 heterocycles. The molecule has 0 saturated heterocycles. The van der Waals surface area contributed by atoms with Crippen molar-refractivity contribution in [2.75, 3.05) is 5.32 Å². The molecule has 1 aliphatic carbocycles. The number of aryl methyl sites for hydroxylation is 2. The van der Waals surface area contributed by atoms with Crippen LogP contribution in [-0.2, 0) is 11.2 Å². The average Bonchev–Trinajstić information content (AvgIpc) is 3.09. The van der Waals surface area contributed by atoms with E-state index in [1.807, 2.05) is 44.2 Å². The van der Waals surface area contributed by atoms with E-state index in [1.165, 1.54) is 17.3 Å². The second-order valence-electron chi connectivity index (χ2n) is 7.52. The summed E-state index contributed by atoms with van der Waals surface area (Å²) in [6, 6.07) is 14.0. The number of rotatable bonds is 4. The number of aliphatic imine (C=N–C) groups is 1. The van der Waals surface area contributed by atoms with E-state index in [-0.39, 0.29) is 18.2 Å². The second-order valence-corrected chi connectivity index (χ2v) is 8.69. The van der Waals surface area contributed by atoms with Gasteiger partial charge in [-0.05, 0) is 55.9 Å². The number of carbonyl (C=O) groups is 1. The SMILES string of the molecule is Cc1cccc(NC(=O)CC2S/C(=N\N=C3/CCCc4ccccc43)N=C2O)c1C. The van der Waals surface area contributed by atoms with Gasteiger partial charge in [0.25, 0.3) is 0 Å². The number of nitrogens with zero attached hydrogens (tertiary/aromatic N) is 3.